The number of carbonyl (C=O) groups is 1. The first-order valence-corrected chi connectivity index (χ1v) is 5.15. The molecular formula is C9H13N3O6. The van der Waals surface area contributed by atoms with E-state index in [0.717, 1.165) is 10.9 Å². The number of aromatic nitrogens is 2. The molecule has 2 rings (SSSR count). The summed E-state index contributed by atoms with van der Waals surface area (Å²) in [5, 5.41) is 38.2. The number of rotatable bonds is 2. The monoisotopic (exact) mass is 259 g/mol. The molecule has 1 saturated heterocycles. The summed E-state index contributed by atoms with van der Waals surface area (Å²) in [6.07, 6.45) is -4.24. The van der Waals surface area contributed by atoms with Gasteiger partial charge in [-0.3, -0.25) is 9.36 Å². The van der Waals surface area contributed by atoms with E-state index < -0.39 is 36.3 Å². The summed E-state index contributed by atoms with van der Waals surface area (Å²) in [7, 11) is 0. The number of hydrogen-bond acceptors (Lipinski definition) is 7. The zero-order valence-electron chi connectivity index (χ0n) is 9.17. The highest BCUT2D eigenvalue weighted by Gasteiger charge is 2.39. The van der Waals surface area contributed by atoms with E-state index in [4.69, 9.17) is 10.5 Å². The van der Waals surface area contributed by atoms with Crippen LogP contribution < -0.4 is 5.73 Å². The summed E-state index contributed by atoms with van der Waals surface area (Å²) in [6, 6.07) is 0. The van der Waals surface area contributed by atoms with Gasteiger partial charge in [0.05, 0.1) is 6.61 Å². The molecule has 18 heavy (non-hydrogen) atoms. The Bertz CT molecular complexity index is 461. The number of nitrogens with zero attached hydrogens (tertiary/aromatic N) is 2. The molecule has 0 unspecified atom stereocenters. The molecule has 1 aliphatic rings. The second-order valence-corrected chi connectivity index (χ2v) is 3.96. The molecule has 1 aromatic rings. The van der Waals surface area contributed by atoms with Gasteiger partial charge >= 0.3 is 0 Å². The van der Waals surface area contributed by atoms with Crippen molar-refractivity contribution in [3.63, 3.8) is 0 Å². The number of aliphatic hydroxyl groups excluding tert-OH is 3. The lowest BCUT2D eigenvalue weighted by molar-refractivity contribution is -0.211. The summed E-state index contributed by atoms with van der Waals surface area (Å²) in [4.78, 5) is 14.5. The number of amides is 1. The first-order chi connectivity index (χ1) is 8.43. The number of aromatic hydroxyl groups is 1. The van der Waals surface area contributed by atoms with Crippen molar-refractivity contribution in [1.29, 1.82) is 0 Å². The summed E-state index contributed by atoms with van der Waals surface area (Å²) < 4.78 is 6.04. The van der Waals surface area contributed by atoms with Crippen LogP contribution in [0.15, 0.2) is 6.33 Å². The van der Waals surface area contributed by atoms with Gasteiger partial charge < -0.3 is 30.9 Å². The van der Waals surface area contributed by atoms with Crippen molar-refractivity contribution >= 4 is 5.91 Å². The number of imidazole rings is 1. The maximum atomic E-state index is 10.9. The zero-order chi connectivity index (χ0) is 13.4. The third-order valence-electron chi connectivity index (χ3n) is 2.75. The first-order valence-electron chi connectivity index (χ1n) is 5.15. The van der Waals surface area contributed by atoms with Crippen molar-refractivity contribution in [3.05, 3.63) is 12.0 Å². The molecule has 2 heterocycles. The minimum absolute atomic E-state index is 0.230. The van der Waals surface area contributed by atoms with Gasteiger partial charge in [-0.15, -0.1) is 0 Å². The average Bonchev–Trinajstić information content (AvgIpc) is 2.69. The van der Waals surface area contributed by atoms with Gasteiger partial charge in [-0.05, 0) is 0 Å². The average molecular weight is 259 g/mol. The number of nitrogens with two attached hydrogens (primary N) is 1. The number of hydrogen-bond donors (Lipinski definition) is 5. The molecule has 1 aromatic heterocycles. The Labute approximate surface area is 101 Å². The minimum atomic E-state index is -1.48. The van der Waals surface area contributed by atoms with Crippen molar-refractivity contribution in [2.24, 2.45) is 5.73 Å². The van der Waals surface area contributed by atoms with Gasteiger partial charge in [-0.2, -0.15) is 0 Å². The number of primary amides is 1. The molecule has 1 fully saturated rings. The predicted molar refractivity (Wildman–Crippen MR) is 55.4 cm³/mol. The van der Waals surface area contributed by atoms with Gasteiger partial charge in [-0.25, -0.2) is 4.98 Å². The lowest BCUT2D eigenvalue weighted by Gasteiger charge is -2.35. The van der Waals surface area contributed by atoms with Gasteiger partial charge in [-0.1, -0.05) is 0 Å². The molecule has 6 N–H and O–H groups in total. The first kappa shape index (κ1) is 12.8. The van der Waals surface area contributed by atoms with E-state index in [-0.39, 0.29) is 12.3 Å². The highest BCUT2D eigenvalue weighted by molar-refractivity contribution is 5.92. The van der Waals surface area contributed by atoms with Crippen LogP contribution >= 0.6 is 0 Å². The van der Waals surface area contributed by atoms with Gasteiger partial charge in [0.15, 0.2) is 11.9 Å². The standard InChI is InChI=1S/C9H13N3O6/c10-7(16)4-8(17)12(2-11-4)9-6(15)5(14)3(13)1-18-9/h2-3,5-6,9,13-15,17H,1H2,(H2,10,16)/t3-,5-,6-,9-/m1/s1. The van der Waals surface area contributed by atoms with E-state index in [2.05, 4.69) is 4.98 Å². The van der Waals surface area contributed by atoms with Crippen LogP contribution in [0.2, 0.25) is 0 Å². The largest absolute Gasteiger partial charge is 0.493 e. The summed E-state index contributed by atoms with van der Waals surface area (Å²) >= 11 is 0. The fourth-order valence-corrected chi connectivity index (χ4v) is 1.75. The molecule has 9 heteroatoms. The molecule has 1 amide bonds. The summed E-state index contributed by atoms with van der Waals surface area (Å²) in [6.45, 7) is -0.230. The molecule has 0 bridgehead atoms. The highest BCUT2D eigenvalue weighted by atomic mass is 16.5. The highest BCUT2D eigenvalue weighted by Crippen LogP contribution is 2.29. The van der Waals surface area contributed by atoms with Crippen molar-refractivity contribution in [1.82, 2.24) is 9.55 Å². The molecule has 0 saturated carbocycles. The van der Waals surface area contributed by atoms with Gasteiger partial charge in [0.2, 0.25) is 5.88 Å². The smallest absolute Gasteiger partial charge is 0.272 e. The van der Waals surface area contributed by atoms with Crippen molar-refractivity contribution in [2.45, 2.75) is 24.5 Å². The van der Waals surface area contributed by atoms with E-state index in [1.54, 1.807) is 0 Å². The van der Waals surface area contributed by atoms with Gasteiger partial charge in [0, 0.05) is 0 Å². The normalized spacial score (nSPS) is 32.4. The fraction of sp³-hybridized carbons (Fsp3) is 0.556. The van der Waals surface area contributed by atoms with E-state index in [0.29, 0.717) is 0 Å². The van der Waals surface area contributed by atoms with E-state index >= 15 is 0 Å². The lowest BCUT2D eigenvalue weighted by Crippen LogP contribution is -2.50. The number of aliphatic hydroxyl groups is 3. The molecule has 4 atom stereocenters. The van der Waals surface area contributed by atoms with E-state index in [1.165, 1.54) is 0 Å². The van der Waals surface area contributed by atoms with E-state index in [1.807, 2.05) is 0 Å². The zero-order valence-corrected chi connectivity index (χ0v) is 9.17. The van der Waals surface area contributed by atoms with Gasteiger partial charge in [0.25, 0.3) is 5.91 Å². The van der Waals surface area contributed by atoms with Crippen molar-refractivity contribution in [3.8, 4) is 5.88 Å². The lowest BCUT2D eigenvalue weighted by atomic mass is 10.0. The van der Waals surface area contributed by atoms with Crippen molar-refractivity contribution in [2.75, 3.05) is 6.61 Å². The third-order valence-corrected chi connectivity index (χ3v) is 2.75. The quantitative estimate of drug-likeness (QED) is 0.387. The summed E-state index contributed by atoms with van der Waals surface area (Å²) in [5.41, 5.74) is 4.60. The Hall–Kier alpha value is -1.68. The van der Waals surface area contributed by atoms with Crippen molar-refractivity contribution < 1.29 is 30.0 Å². The second-order valence-electron chi connectivity index (χ2n) is 3.96. The fourth-order valence-electron chi connectivity index (χ4n) is 1.75. The molecule has 100 valence electrons. The number of carbonyl (C=O) groups excluding carboxylic acids is 1. The van der Waals surface area contributed by atoms with Gasteiger partial charge in [0.1, 0.15) is 24.6 Å². The van der Waals surface area contributed by atoms with Crippen LogP contribution in [0.25, 0.3) is 0 Å². The van der Waals surface area contributed by atoms with E-state index in [9.17, 15) is 25.2 Å². The second kappa shape index (κ2) is 4.53. The molecule has 0 spiro atoms. The maximum Gasteiger partial charge on any atom is 0.272 e. The molecule has 0 radical (unpaired) electrons. The van der Waals surface area contributed by atoms with Crippen LogP contribution in [-0.2, 0) is 4.74 Å². The Balaban J connectivity index is 2.29. The van der Waals surface area contributed by atoms with Crippen LogP contribution in [-0.4, -0.2) is 60.8 Å². The predicted octanol–water partition coefficient (Wildman–Crippen LogP) is -2.70. The molecule has 1 aliphatic heterocycles. The SMILES string of the molecule is NC(=O)c1ncn([C@@H]2OC[C@@H](O)[C@@H](O)[C@H]2O)c1O. The number of ether oxygens (including phenoxy) is 1. The summed E-state index contributed by atoms with van der Waals surface area (Å²) in [5.74, 6) is -1.51. The Morgan fingerprint density at radius 1 is 1.44 bits per heavy atom. The van der Waals surface area contributed by atoms with Crippen LogP contribution in [0, 0.1) is 0 Å². The Kier molecular flexibility index (Phi) is 3.22. The third kappa shape index (κ3) is 1.93. The Morgan fingerprint density at radius 3 is 2.67 bits per heavy atom. The van der Waals surface area contributed by atoms with Crippen LogP contribution in [0.5, 0.6) is 5.88 Å². The molecule has 0 aliphatic carbocycles. The molecule has 0 aromatic carbocycles. The maximum absolute atomic E-state index is 10.9. The van der Waals surface area contributed by atoms with Crippen LogP contribution in [0.3, 0.4) is 0 Å². The van der Waals surface area contributed by atoms with Crippen LogP contribution in [0.1, 0.15) is 16.7 Å². The molecular weight excluding hydrogens is 246 g/mol. The van der Waals surface area contributed by atoms with Crippen LogP contribution in [0.4, 0.5) is 0 Å². The minimum Gasteiger partial charge on any atom is -0.493 e. The topological polar surface area (TPSA) is 151 Å². The molecule has 9 nitrogen and oxygen atoms in total. The Morgan fingerprint density at radius 2 is 2.11 bits per heavy atom.